The molecule has 0 fully saturated rings. The van der Waals surface area contributed by atoms with Crippen LogP contribution in [-0.4, -0.2) is 5.78 Å². The Hall–Kier alpha value is -1.28. The molecular formula is C16H20ClNO. The summed E-state index contributed by atoms with van der Waals surface area (Å²) in [5, 5.41) is 4.04. The molecular weight excluding hydrogens is 258 g/mol. The number of anilines is 1. The molecule has 1 aromatic carbocycles. The van der Waals surface area contributed by atoms with Crippen molar-refractivity contribution in [1.82, 2.24) is 0 Å². The van der Waals surface area contributed by atoms with Gasteiger partial charge in [-0.3, -0.25) is 4.79 Å². The molecule has 102 valence electrons. The molecule has 0 unspecified atom stereocenters. The van der Waals surface area contributed by atoms with Crippen LogP contribution in [0, 0.1) is 11.8 Å². The molecule has 1 aliphatic rings. The Morgan fingerprint density at radius 2 is 1.95 bits per heavy atom. The van der Waals surface area contributed by atoms with Crippen LogP contribution in [0.25, 0.3) is 0 Å². The van der Waals surface area contributed by atoms with Crippen LogP contribution in [0.3, 0.4) is 0 Å². The van der Waals surface area contributed by atoms with Gasteiger partial charge in [0.25, 0.3) is 0 Å². The molecule has 2 nitrogen and oxygen atoms in total. The summed E-state index contributed by atoms with van der Waals surface area (Å²) >= 11 is 5.86. The van der Waals surface area contributed by atoms with E-state index < -0.39 is 0 Å². The topological polar surface area (TPSA) is 29.1 Å². The molecule has 0 aliphatic heterocycles. The molecule has 0 saturated carbocycles. The average Bonchev–Trinajstić information content (AvgIpc) is 2.30. The Kier molecular flexibility index (Phi) is 4.65. The number of carbonyl (C=O) groups excluding carboxylic acids is 1. The highest BCUT2D eigenvalue weighted by molar-refractivity contribution is 6.30. The van der Waals surface area contributed by atoms with E-state index >= 15 is 0 Å². The maximum absolute atomic E-state index is 11.8. The molecule has 1 atom stereocenters. The van der Waals surface area contributed by atoms with Gasteiger partial charge in [0.2, 0.25) is 0 Å². The molecule has 0 spiro atoms. The van der Waals surface area contributed by atoms with Gasteiger partial charge in [-0.15, -0.1) is 0 Å². The van der Waals surface area contributed by atoms with Crippen LogP contribution < -0.4 is 5.32 Å². The number of allylic oxidation sites excluding steroid dienone is 2. The quantitative estimate of drug-likeness (QED) is 0.867. The van der Waals surface area contributed by atoms with E-state index in [0.29, 0.717) is 18.3 Å². The highest BCUT2D eigenvalue weighted by Gasteiger charge is 2.21. The molecule has 0 aromatic heterocycles. The number of halogens is 1. The highest BCUT2D eigenvalue weighted by atomic mass is 35.5. The molecule has 0 heterocycles. The van der Waals surface area contributed by atoms with Crippen molar-refractivity contribution in [3.05, 3.63) is 41.1 Å². The summed E-state index contributed by atoms with van der Waals surface area (Å²) in [5.41, 5.74) is 2.00. The van der Waals surface area contributed by atoms with Gasteiger partial charge in [-0.25, -0.2) is 0 Å². The first-order valence-corrected chi connectivity index (χ1v) is 7.16. The highest BCUT2D eigenvalue weighted by Crippen LogP contribution is 2.28. The lowest BCUT2D eigenvalue weighted by Gasteiger charge is -2.24. The van der Waals surface area contributed by atoms with Crippen LogP contribution in [-0.2, 0) is 4.79 Å². The summed E-state index contributed by atoms with van der Waals surface area (Å²) in [6.07, 6.45) is 4.48. The van der Waals surface area contributed by atoms with E-state index in [9.17, 15) is 4.79 Å². The molecule has 1 aromatic rings. The lowest BCUT2D eigenvalue weighted by Crippen LogP contribution is -2.19. The van der Waals surface area contributed by atoms with Gasteiger partial charge in [-0.2, -0.15) is 0 Å². The van der Waals surface area contributed by atoms with Crippen LogP contribution in [0.5, 0.6) is 0 Å². The fourth-order valence-corrected chi connectivity index (χ4v) is 2.74. The zero-order valence-corrected chi connectivity index (χ0v) is 12.2. The summed E-state index contributed by atoms with van der Waals surface area (Å²) in [6, 6.07) is 7.56. The molecule has 0 amide bonds. The van der Waals surface area contributed by atoms with Gasteiger partial charge in [-0.1, -0.05) is 25.4 Å². The van der Waals surface area contributed by atoms with Crippen LogP contribution in [0.4, 0.5) is 5.69 Å². The Morgan fingerprint density at radius 1 is 1.26 bits per heavy atom. The number of benzene rings is 1. The summed E-state index contributed by atoms with van der Waals surface area (Å²) in [7, 11) is 0. The Balaban J connectivity index is 2.03. The third-order valence-electron chi connectivity index (χ3n) is 3.29. The lowest BCUT2D eigenvalue weighted by molar-refractivity contribution is -0.116. The number of rotatable bonds is 4. The van der Waals surface area contributed by atoms with Gasteiger partial charge in [0.15, 0.2) is 5.78 Å². The Morgan fingerprint density at radius 3 is 2.58 bits per heavy atom. The molecule has 0 saturated heterocycles. The smallest absolute Gasteiger partial charge is 0.157 e. The van der Waals surface area contributed by atoms with E-state index in [4.69, 9.17) is 11.6 Å². The van der Waals surface area contributed by atoms with E-state index in [2.05, 4.69) is 19.2 Å². The number of nitrogens with one attached hydrogen (secondary N) is 1. The van der Waals surface area contributed by atoms with Crippen molar-refractivity contribution >= 4 is 23.1 Å². The van der Waals surface area contributed by atoms with E-state index in [0.717, 1.165) is 29.2 Å². The minimum atomic E-state index is 0.230. The first kappa shape index (κ1) is 14.1. The second-order valence-corrected chi connectivity index (χ2v) is 6.11. The van der Waals surface area contributed by atoms with Crippen molar-refractivity contribution in [2.24, 2.45) is 11.8 Å². The third kappa shape index (κ3) is 4.39. The molecule has 1 N–H and O–H groups in total. The lowest BCUT2D eigenvalue weighted by atomic mass is 9.85. The Labute approximate surface area is 119 Å². The summed E-state index contributed by atoms with van der Waals surface area (Å²) in [6.45, 7) is 4.41. The fourth-order valence-electron chi connectivity index (χ4n) is 2.62. The van der Waals surface area contributed by atoms with Gasteiger partial charge in [0, 0.05) is 28.9 Å². The van der Waals surface area contributed by atoms with Gasteiger partial charge in [0.05, 0.1) is 0 Å². The van der Waals surface area contributed by atoms with Gasteiger partial charge in [-0.05, 0) is 48.9 Å². The van der Waals surface area contributed by atoms with Crippen molar-refractivity contribution in [3.8, 4) is 0 Å². The zero-order valence-electron chi connectivity index (χ0n) is 11.4. The van der Waals surface area contributed by atoms with Crippen LogP contribution in [0.15, 0.2) is 36.0 Å². The van der Waals surface area contributed by atoms with Crippen molar-refractivity contribution in [2.75, 3.05) is 5.32 Å². The predicted octanol–water partition coefficient (Wildman–Crippen LogP) is 4.66. The third-order valence-corrected chi connectivity index (χ3v) is 3.54. The van der Waals surface area contributed by atoms with Crippen molar-refractivity contribution in [2.45, 2.75) is 33.1 Å². The number of hydrogen-bond acceptors (Lipinski definition) is 2. The van der Waals surface area contributed by atoms with Crippen LogP contribution in [0.1, 0.15) is 33.1 Å². The van der Waals surface area contributed by atoms with Crippen molar-refractivity contribution in [1.29, 1.82) is 0 Å². The first-order chi connectivity index (χ1) is 9.02. The van der Waals surface area contributed by atoms with Crippen molar-refractivity contribution in [3.63, 3.8) is 0 Å². The van der Waals surface area contributed by atoms with E-state index in [-0.39, 0.29) is 5.78 Å². The maximum Gasteiger partial charge on any atom is 0.157 e. The van der Waals surface area contributed by atoms with Crippen molar-refractivity contribution < 1.29 is 4.79 Å². The van der Waals surface area contributed by atoms with E-state index in [1.54, 1.807) is 6.08 Å². The van der Waals surface area contributed by atoms with Gasteiger partial charge in [0.1, 0.15) is 0 Å². The van der Waals surface area contributed by atoms with Crippen LogP contribution in [0.2, 0.25) is 5.02 Å². The second-order valence-electron chi connectivity index (χ2n) is 5.67. The average molecular weight is 278 g/mol. The SMILES string of the molecule is CC(C)C[C@@H]1CC(=O)C=C(Nc2ccc(Cl)cc2)C1. The number of carbonyl (C=O) groups is 1. The summed E-state index contributed by atoms with van der Waals surface area (Å²) in [5.74, 6) is 1.33. The predicted molar refractivity (Wildman–Crippen MR) is 80.3 cm³/mol. The van der Waals surface area contributed by atoms with E-state index in [1.165, 1.54) is 0 Å². The second kappa shape index (κ2) is 6.25. The Bertz CT molecular complexity index is 476. The number of hydrogen-bond donors (Lipinski definition) is 1. The first-order valence-electron chi connectivity index (χ1n) is 6.79. The molecule has 2 rings (SSSR count). The van der Waals surface area contributed by atoms with E-state index in [1.807, 2.05) is 24.3 Å². The maximum atomic E-state index is 11.8. The minimum absolute atomic E-state index is 0.230. The summed E-state index contributed by atoms with van der Waals surface area (Å²) in [4.78, 5) is 11.8. The fraction of sp³-hybridized carbons (Fsp3) is 0.438. The monoisotopic (exact) mass is 277 g/mol. The minimum Gasteiger partial charge on any atom is -0.359 e. The zero-order chi connectivity index (χ0) is 13.8. The molecule has 0 bridgehead atoms. The van der Waals surface area contributed by atoms with Gasteiger partial charge < -0.3 is 5.32 Å². The molecule has 1 aliphatic carbocycles. The molecule has 0 radical (unpaired) electrons. The largest absolute Gasteiger partial charge is 0.359 e. The normalized spacial score (nSPS) is 19.5. The summed E-state index contributed by atoms with van der Waals surface area (Å²) < 4.78 is 0. The standard InChI is InChI=1S/C16H20ClNO/c1-11(2)7-12-8-15(10-16(19)9-12)18-14-5-3-13(17)4-6-14/h3-6,10-12,18H,7-9H2,1-2H3/t12-/m0/s1. The molecule has 19 heavy (non-hydrogen) atoms. The molecule has 3 heteroatoms. The van der Waals surface area contributed by atoms with Gasteiger partial charge >= 0.3 is 0 Å². The number of ketones is 1. The van der Waals surface area contributed by atoms with Crippen LogP contribution >= 0.6 is 11.6 Å².